The number of hydrogen-bond acceptors (Lipinski definition) is 4. The van der Waals surface area contributed by atoms with Crippen LogP contribution in [0.2, 0.25) is 0 Å². The summed E-state index contributed by atoms with van der Waals surface area (Å²) in [5, 5.41) is 10.7. The van der Waals surface area contributed by atoms with Crippen LogP contribution in [0, 0.1) is 11.8 Å². The fourth-order valence-electron chi connectivity index (χ4n) is 3.11. The number of hydrogen-bond donors (Lipinski definition) is 2. The van der Waals surface area contributed by atoms with Gasteiger partial charge in [-0.25, -0.2) is 0 Å². The van der Waals surface area contributed by atoms with Gasteiger partial charge in [-0.1, -0.05) is 6.92 Å². The molecule has 2 aliphatic rings. The Labute approximate surface area is 114 Å². The number of nitrogens with zero attached hydrogens (tertiary/aromatic N) is 1. The van der Waals surface area contributed by atoms with Crippen LogP contribution in [0.15, 0.2) is 18.5 Å². The summed E-state index contributed by atoms with van der Waals surface area (Å²) in [5.74, 6) is 0.702. The molecule has 1 saturated carbocycles. The Bertz CT molecular complexity index is 471. The van der Waals surface area contributed by atoms with Gasteiger partial charge < -0.3 is 15.6 Å². The van der Waals surface area contributed by atoms with Gasteiger partial charge in [-0.05, 0) is 44.1 Å². The van der Waals surface area contributed by atoms with Crippen molar-refractivity contribution in [2.24, 2.45) is 11.8 Å². The van der Waals surface area contributed by atoms with E-state index in [4.69, 9.17) is 10.5 Å². The van der Waals surface area contributed by atoms with Gasteiger partial charge in [-0.3, -0.25) is 4.98 Å². The van der Waals surface area contributed by atoms with Gasteiger partial charge in [-0.15, -0.1) is 0 Å². The number of aromatic nitrogens is 1. The van der Waals surface area contributed by atoms with Crippen LogP contribution < -0.4 is 5.73 Å². The summed E-state index contributed by atoms with van der Waals surface area (Å²) in [6.45, 7) is 4.01. The average Bonchev–Trinajstić information content (AvgIpc) is 3.17. The molecule has 0 radical (unpaired) electrons. The topological polar surface area (TPSA) is 68.4 Å². The minimum Gasteiger partial charge on any atom is -0.397 e. The van der Waals surface area contributed by atoms with E-state index in [-0.39, 0.29) is 18.1 Å². The summed E-state index contributed by atoms with van der Waals surface area (Å²) in [4.78, 5) is 4.02. The lowest BCUT2D eigenvalue weighted by molar-refractivity contribution is -0.203. The molecule has 0 aromatic carbocycles. The third-order valence-electron chi connectivity index (χ3n) is 4.74. The largest absolute Gasteiger partial charge is 0.397 e. The zero-order valence-electron chi connectivity index (χ0n) is 11.5. The molecule has 2 fully saturated rings. The van der Waals surface area contributed by atoms with Crippen molar-refractivity contribution in [3.8, 4) is 0 Å². The van der Waals surface area contributed by atoms with E-state index >= 15 is 0 Å². The zero-order valence-corrected chi connectivity index (χ0v) is 11.5. The number of ether oxygens (including phenoxy) is 1. The summed E-state index contributed by atoms with van der Waals surface area (Å²) in [6, 6.07) is 1.93. The van der Waals surface area contributed by atoms with Crippen molar-refractivity contribution in [2.45, 2.75) is 50.9 Å². The summed E-state index contributed by atoms with van der Waals surface area (Å²) in [5.41, 5.74) is 6.94. The van der Waals surface area contributed by atoms with Gasteiger partial charge in [0.15, 0.2) is 0 Å². The molecule has 3 N–H and O–H groups in total. The molecule has 104 valence electrons. The molecule has 1 aliphatic heterocycles. The van der Waals surface area contributed by atoms with Gasteiger partial charge in [0.25, 0.3) is 0 Å². The van der Waals surface area contributed by atoms with Crippen LogP contribution in [0.25, 0.3) is 0 Å². The van der Waals surface area contributed by atoms with Crippen molar-refractivity contribution in [1.29, 1.82) is 0 Å². The lowest BCUT2D eigenvalue weighted by Crippen LogP contribution is -2.52. The predicted molar refractivity (Wildman–Crippen MR) is 73.4 cm³/mol. The smallest absolute Gasteiger partial charge is 0.0909 e. The molecule has 3 rings (SSSR count). The van der Waals surface area contributed by atoms with Gasteiger partial charge in [-0.2, -0.15) is 0 Å². The third kappa shape index (κ3) is 2.23. The van der Waals surface area contributed by atoms with Gasteiger partial charge in [0.2, 0.25) is 0 Å². The summed E-state index contributed by atoms with van der Waals surface area (Å²) in [7, 11) is 0. The second kappa shape index (κ2) is 4.46. The Morgan fingerprint density at radius 2 is 2.21 bits per heavy atom. The zero-order chi connectivity index (χ0) is 13.6. The molecule has 0 unspecified atom stereocenters. The molecule has 1 aromatic heterocycles. The monoisotopic (exact) mass is 262 g/mol. The third-order valence-corrected chi connectivity index (χ3v) is 4.74. The van der Waals surface area contributed by atoms with E-state index in [1.165, 1.54) is 0 Å². The van der Waals surface area contributed by atoms with Crippen LogP contribution in [0.3, 0.4) is 0 Å². The highest BCUT2D eigenvalue weighted by Gasteiger charge is 2.51. The molecule has 0 bridgehead atoms. The van der Waals surface area contributed by atoms with Gasteiger partial charge in [0.1, 0.15) is 0 Å². The second-order valence-electron chi connectivity index (χ2n) is 6.25. The maximum atomic E-state index is 10.7. The van der Waals surface area contributed by atoms with Crippen molar-refractivity contribution in [1.82, 2.24) is 4.98 Å². The minimum atomic E-state index is -0.737. The van der Waals surface area contributed by atoms with Gasteiger partial charge in [0.05, 0.1) is 29.7 Å². The molecule has 2 heterocycles. The van der Waals surface area contributed by atoms with Crippen molar-refractivity contribution in [3.63, 3.8) is 0 Å². The Balaban J connectivity index is 1.87. The highest BCUT2D eigenvalue weighted by atomic mass is 16.5. The summed E-state index contributed by atoms with van der Waals surface area (Å²) in [6.07, 6.45) is 6.43. The van der Waals surface area contributed by atoms with E-state index in [0.29, 0.717) is 11.6 Å². The summed E-state index contributed by atoms with van der Waals surface area (Å²) < 4.78 is 6.21. The quantitative estimate of drug-likeness (QED) is 0.858. The Kier molecular flexibility index (Phi) is 3.02. The van der Waals surface area contributed by atoms with E-state index in [0.717, 1.165) is 24.8 Å². The number of nitrogen functional groups attached to an aromatic ring is 1. The van der Waals surface area contributed by atoms with Crippen LogP contribution in [0.4, 0.5) is 5.69 Å². The average molecular weight is 262 g/mol. The van der Waals surface area contributed by atoms with Crippen LogP contribution in [-0.2, 0) is 4.74 Å². The number of nitrogens with two attached hydrogens (primary N) is 1. The number of aliphatic hydroxyl groups is 1. The number of anilines is 1. The van der Waals surface area contributed by atoms with E-state index in [9.17, 15) is 5.11 Å². The first kappa shape index (κ1) is 12.9. The molecule has 1 aromatic rings. The Morgan fingerprint density at radius 3 is 2.84 bits per heavy atom. The Hall–Kier alpha value is -1.13. The maximum absolute atomic E-state index is 10.7. The lowest BCUT2D eigenvalue weighted by atomic mass is 9.76. The minimum absolute atomic E-state index is 0.0242. The van der Waals surface area contributed by atoms with Crippen molar-refractivity contribution in [3.05, 3.63) is 24.0 Å². The van der Waals surface area contributed by atoms with Crippen LogP contribution in [0.1, 0.15) is 44.8 Å². The SMILES string of the molecule is C[C@@H]1C[C@H](c2ccncc2N)O[C@H](C2CC2)[C@@]1(C)O. The molecule has 1 aliphatic carbocycles. The fraction of sp³-hybridized carbons (Fsp3) is 0.667. The van der Waals surface area contributed by atoms with Crippen LogP contribution in [-0.4, -0.2) is 21.8 Å². The maximum Gasteiger partial charge on any atom is 0.0909 e. The molecule has 4 heteroatoms. The van der Waals surface area contributed by atoms with E-state index < -0.39 is 5.60 Å². The first-order valence-corrected chi connectivity index (χ1v) is 7.07. The fourth-order valence-corrected chi connectivity index (χ4v) is 3.11. The molecule has 1 saturated heterocycles. The normalized spacial score (nSPS) is 39.2. The molecular weight excluding hydrogens is 240 g/mol. The van der Waals surface area contributed by atoms with Crippen molar-refractivity contribution < 1.29 is 9.84 Å². The molecule has 4 atom stereocenters. The molecule has 19 heavy (non-hydrogen) atoms. The molecule has 4 nitrogen and oxygen atoms in total. The van der Waals surface area contributed by atoms with Crippen molar-refractivity contribution in [2.75, 3.05) is 5.73 Å². The molecular formula is C15H22N2O2. The van der Waals surface area contributed by atoms with E-state index in [1.807, 2.05) is 13.0 Å². The highest BCUT2D eigenvalue weighted by molar-refractivity contribution is 5.45. The number of pyridine rings is 1. The first-order chi connectivity index (χ1) is 9.00. The van der Waals surface area contributed by atoms with Crippen molar-refractivity contribution >= 4 is 5.69 Å². The number of rotatable bonds is 2. The van der Waals surface area contributed by atoms with Gasteiger partial charge in [0, 0.05) is 11.8 Å². The van der Waals surface area contributed by atoms with Crippen LogP contribution in [0.5, 0.6) is 0 Å². The molecule has 0 amide bonds. The predicted octanol–water partition coefficient (Wildman–Crippen LogP) is 2.29. The second-order valence-corrected chi connectivity index (χ2v) is 6.25. The molecule has 0 spiro atoms. The van der Waals surface area contributed by atoms with E-state index in [2.05, 4.69) is 11.9 Å². The highest BCUT2D eigenvalue weighted by Crippen LogP contribution is 2.49. The van der Waals surface area contributed by atoms with Crippen LogP contribution >= 0.6 is 0 Å². The first-order valence-electron chi connectivity index (χ1n) is 7.07. The lowest BCUT2D eigenvalue weighted by Gasteiger charge is -2.46. The Morgan fingerprint density at radius 1 is 1.47 bits per heavy atom. The van der Waals surface area contributed by atoms with E-state index in [1.54, 1.807) is 12.4 Å². The standard InChI is InChI=1S/C15H22N2O2/c1-9-7-13(11-5-6-17-8-12(11)16)19-14(10-3-4-10)15(9,2)18/h5-6,8-10,13-14,18H,3-4,7,16H2,1-2H3/t9-,13-,14-,15+/m1/s1. The summed E-state index contributed by atoms with van der Waals surface area (Å²) >= 11 is 0. The van der Waals surface area contributed by atoms with Gasteiger partial charge >= 0.3 is 0 Å².